The normalized spacial score (nSPS) is 40.4. The second kappa shape index (κ2) is 6.23. The molecule has 1 aliphatic rings. The highest BCUT2D eigenvalue weighted by atomic mass is 31.2. The summed E-state index contributed by atoms with van der Waals surface area (Å²) in [4.78, 5) is 0. The molecule has 0 saturated carbocycles. The molecule has 1 saturated heterocycles. The van der Waals surface area contributed by atoms with Crippen molar-refractivity contribution in [1.29, 1.82) is 0 Å². The number of hydrogen-bond donors (Lipinski definition) is 1. The van der Waals surface area contributed by atoms with Gasteiger partial charge in [0.05, 0.1) is 6.10 Å². The zero-order chi connectivity index (χ0) is 14.8. The van der Waals surface area contributed by atoms with Crippen LogP contribution in [0, 0.1) is 17.8 Å². The van der Waals surface area contributed by atoms with Gasteiger partial charge in [-0.3, -0.25) is 4.57 Å². The van der Waals surface area contributed by atoms with E-state index in [4.69, 9.17) is 13.8 Å². The van der Waals surface area contributed by atoms with Crippen LogP contribution in [0.25, 0.3) is 0 Å². The summed E-state index contributed by atoms with van der Waals surface area (Å²) in [7, 11) is -0.663. The summed E-state index contributed by atoms with van der Waals surface area (Å²) in [5.41, 5.74) is 0. The molecule has 1 aliphatic heterocycles. The van der Waals surface area contributed by atoms with Crippen LogP contribution in [-0.2, 0) is 18.3 Å². The monoisotopic (exact) mass is 294 g/mol. The highest BCUT2D eigenvalue weighted by Gasteiger charge is 2.51. The maximum absolute atomic E-state index is 12.3. The Hall–Kier alpha value is 0.0700. The molecule has 1 rings (SSSR count). The van der Waals surface area contributed by atoms with Crippen molar-refractivity contribution in [3.63, 3.8) is 0 Å². The summed E-state index contributed by atoms with van der Waals surface area (Å²) < 4.78 is 28.0. The molecule has 0 bridgehead atoms. The minimum atomic E-state index is -3.31. The van der Waals surface area contributed by atoms with E-state index in [9.17, 15) is 9.67 Å². The van der Waals surface area contributed by atoms with Gasteiger partial charge >= 0.3 is 7.60 Å². The number of hydrogen-bond acceptors (Lipinski definition) is 5. The van der Waals surface area contributed by atoms with Gasteiger partial charge < -0.3 is 18.9 Å². The van der Waals surface area contributed by atoms with Gasteiger partial charge in [0.2, 0.25) is 0 Å². The average Bonchev–Trinajstić information content (AvgIpc) is 2.40. The molecular formula is C13H27O5P. The fourth-order valence-electron chi connectivity index (χ4n) is 2.80. The first-order chi connectivity index (χ1) is 8.73. The van der Waals surface area contributed by atoms with Gasteiger partial charge in [0.25, 0.3) is 0 Å². The van der Waals surface area contributed by atoms with E-state index in [2.05, 4.69) is 13.8 Å². The highest BCUT2D eigenvalue weighted by Crippen LogP contribution is 2.53. The standard InChI is InChI=1S/C13H27O5P/c1-7-12-10(3)9(2)11(4)13(14,18-12)8-19(15,16-5)17-6/h9-12,14H,7-8H2,1-6H3/t9-,10-,11+,12+,13?/m0/s1. The van der Waals surface area contributed by atoms with Crippen LogP contribution in [0.5, 0.6) is 0 Å². The average molecular weight is 294 g/mol. The van der Waals surface area contributed by atoms with Crippen molar-refractivity contribution in [2.24, 2.45) is 17.8 Å². The van der Waals surface area contributed by atoms with Gasteiger partial charge in [0, 0.05) is 20.1 Å². The molecule has 0 spiro atoms. The lowest BCUT2D eigenvalue weighted by Crippen LogP contribution is -2.55. The Morgan fingerprint density at radius 1 is 1.21 bits per heavy atom. The molecule has 0 aromatic heterocycles. The Balaban J connectivity index is 2.98. The predicted molar refractivity (Wildman–Crippen MR) is 74.1 cm³/mol. The fraction of sp³-hybridized carbons (Fsp3) is 1.00. The van der Waals surface area contributed by atoms with Gasteiger partial charge in [-0.1, -0.05) is 27.7 Å². The van der Waals surface area contributed by atoms with E-state index in [1.807, 2.05) is 13.8 Å². The van der Waals surface area contributed by atoms with Crippen LogP contribution in [0.3, 0.4) is 0 Å². The van der Waals surface area contributed by atoms with Crippen molar-refractivity contribution in [1.82, 2.24) is 0 Å². The molecule has 1 unspecified atom stereocenters. The van der Waals surface area contributed by atoms with Gasteiger partial charge in [-0.05, 0) is 18.3 Å². The molecule has 1 heterocycles. The Morgan fingerprint density at radius 3 is 2.16 bits per heavy atom. The first-order valence-electron chi connectivity index (χ1n) is 6.83. The van der Waals surface area contributed by atoms with Crippen molar-refractivity contribution in [2.45, 2.75) is 46.0 Å². The molecule has 19 heavy (non-hydrogen) atoms. The maximum Gasteiger partial charge on any atom is 0.335 e. The van der Waals surface area contributed by atoms with Gasteiger partial charge in [0.15, 0.2) is 5.79 Å². The summed E-state index contributed by atoms with van der Waals surface area (Å²) >= 11 is 0. The minimum absolute atomic E-state index is 0.0432. The zero-order valence-corrected chi connectivity index (χ0v) is 13.6. The minimum Gasteiger partial charge on any atom is -0.365 e. The van der Waals surface area contributed by atoms with Crippen molar-refractivity contribution in [3.8, 4) is 0 Å². The van der Waals surface area contributed by atoms with Crippen LogP contribution in [0.2, 0.25) is 0 Å². The van der Waals surface area contributed by atoms with E-state index >= 15 is 0 Å². The Kier molecular flexibility index (Phi) is 5.61. The van der Waals surface area contributed by atoms with E-state index in [1.54, 1.807) is 0 Å². The summed E-state index contributed by atoms with van der Waals surface area (Å²) in [5.74, 6) is -0.978. The lowest BCUT2D eigenvalue weighted by Gasteiger charge is -2.49. The predicted octanol–water partition coefficient (Wildman–Crippen LogP) is 2.88. The van der Waals surface area contributed by atoms with Crippen molar-refractivity contribution < 1.29 is 23.5 Å². The van der Waals surface area contributed by atoms with Crippen LogP contribution in [-0.4, -0.2) is 37.4 Å². The molecular weight excluding hydrogens is 267 g/mol. The SMILES string of the molecule is CC[C@H]1OC(O)(CP(=O)(OC)OC)[C@H](C)[C@@H](C)[C@@H]1C. The number of rotatable bonds is 5. The van der Waals surface area contributed by atoms with E-state index in [1.165, 1.54) is 14.2 Å². The van der Waals surface area contributed by atoms with E-state index < -0.39 is 13.4 Å². The zero-order valence-electron chi connectivity index (χ0n) is 12.8. The molecule has 1 N–H and O–H groups in total. The van der Waals surface area contributed by atoms with Crippen LogP contribution < -0.4 is 0 Å². The largest absolute Gasteiger partial charge is 0.365 e. The van der Waals surface area contributed by atoms with Crippen LogP contribution in [0.15, 0.2) is 0 Å². The van der Waals surface area contributed by atoms with E-state index in [0.29, 0.717) is 5.92 Å². The summed E-state index contributed by atoms with van der Waals surface area (Å²) in [5, 5.41) is 10.8. The molecule has 0 aliphatic carbocycles. The van der Waals surface area contributed by atoms with Crippen LogP contribution in [0.1, 0.15) is 34.1 Å². The first-order valence-corrected chi connectivity index (χ1v) is 8.56. The molecule has 0 radical (unpaired) electrons. The second-order valence-electron chi connectivity index (χ2n) is 5.55. The lowest BCUT2D eigenvalue weighted by molar-refractivity contribution is -0.295. The maximum atomic E-state index is 12.3. The Bertz CT molecular complexity index is 338. The van der Waals surface area contributed by atoms with Crippen molar-refractivity contribution in [3.05, 3.63) is 0 Å². The Morgan fingerprint density at radius 2 is 1.74 bits per heavy atom. The van der Waals surface area contributed by atoms with Gasteiger partial charge in [-0.25, -0.2) is 0 Å². The van der Waals surface area contributed by atoms with Crippen molar-refractivity contribution >= 4 is 7.60 Å². The van der Waals surface area contributed by atoms with Crippen LogP contribution in [0.4, 0.5) is 0 Å². The smallest absolute Gasteiger partial charge is 0.335 e. The number of ether oxygens (including phenoxy) is 1. The molecule has 6 heteroatoms. The molecule has 0 aromatic rings. The second-order valence-corrected chi connectivity index (χ2v) is 7.82. The molecule has 5 nitrogen and oxygen atoms in total. The molecule has 1 fully saturated rings. The third kappa shape index (κ3) is 3.40. The molecule has 0 aromatic carbocycles. The fourth-order valence-corrected chi connectivity index (χ4v) is 4.12. The van der Waals surface area contributed by atoms with Crippen molar-refractivity contribution in [2.75, 3.05) is 20.4 Å². The van der Waals surface area contributed by atoms with E-state index in [0.717, 1.165) is 6.42 Å². The molecule has 114 valence electrons. The number of aliphatic hydroxyl groups is 1. The third-order valence-electron chi connectivity index (χ3n) is 4.65. The van der Waals surface area contributed by atoms with Gasteiger partial charge in [-0.15, -0.1) is 0 Å². The molecule has 0 amide bonds. The third-order valence-corrected chi connectivity index (χ3v) is 6.60. The lowest BCUT2D eigenvalue weighted by atomic mass is 9.74. The van der Waals surface area contributed by atoms with Gasteiger partial charge in [-0.2, -0.15) is 0 Å². The highest BCUT2D eigenvalue weighted by molar-refractivity contribution is 7.53. The topological polar surface area (TPSA) is 65.0 Å². The van der Waals surface area contributed by atoms with Crippen LogP contribution >= 0.6 is 7.60 Å². The Labute approximate surface area is 116 Å². The summed E-state index contributed by atoms with van der Waals surface area (Å²) in [6, 6.07) is 0. The van der Waals surface area contributed by atoms with E-state index in [-0.39, 0.29) is 24.1 Å². The van der Waals surface area contributed by atoms with Gasteiger partial charge in [0.1, 0.15) is 6.16 Å². The summed E-state index contributed by atoms with van der Waals surface area (Å²) in [6.07, 6.45) is 0.630. The first kappa shape index (κ1) is 17.1. The summed E-state index contributed by atoms with van der Waals surface area (Å²) in [6.45, 7) is 8.16. The quantitative estimate of drug-likeness (QED) is 0.790. The molecule has 5 atom stereocenters.